The summed E-state index contributed by atoms with van der Waals surface area (Å²) in [5.41, 5.74) is 1.30. The van der Waals surface area contributed by atoms with Gasteiger partial charge in [0.2, 0.25) is 0 Å². The third-order valence-corrected chi connectivity index (χ3v) is 4.88. The summed E-state index contributed by atoms with van der Waals surface area (Å²) in [4.78, 5) is 45.7. The number of hydrogen-bond donors (Lipinski definition) is 2. The standard InChI is InChI=1S/C20H23FN4O4/c1-11(2)16(19(27)29-3)23-20(28)25-9-8-14-15(10-25)22-17(24-18(14)26)12-4-6-13(21)7-5-12/h4-7,11,16H,8-10H2,1-3H3,(H,23,28)(H,22,24,26)/t16-/m0/s1. The second kappa shape index (κ2) is 8.42. The van der Waals surface area contributed by atoms with E-state index in [2.05, 4.69) is 15.3 Å². The number of ether oxygens (including phenoxy) is 1. The lowest BCUT2D eigenvalue weighted by atomic mass is 10.0. The maximum atomic E-state index is 13.2. The Balaban J connectivity index is 1.82. The number of methoxy groups -OCH3 is 1. The highest BCUT2D eigenvalue weighted by Crippen LogP contribution is 2.19. The SMILES string of the molecule is COC(=O)[C@@H](NC(=O)N1CCc2c(nc(-c3ccc(F)cc3)[nH]c2=O)C1)C(C)C. The molecule has 0 bridgehead atoms. The summed E-state index contributed by atoms with van der Waals surface area (Å²) >= 11 is 0. The Morgan fingerprint density at radius 1 is 1.28 bits per heavy atom. The van der Waals surface area contributed by atoms with Gasteiger partial charge in [-0.1, -0.05) is 13.8 Å². The lowest BCUT2D eigenvalue weighted by Crippen LogP contribution is -2.52. The molecule has 1 aliphatic heterocycles. The summed E-state index contributed by atoms with van der Waals surface area (Å²) in [6, 6.07) is 4.43. The molecule has 1 aromatic carbocycles. The average Bonchev–Trinajstić information content (AvgIpc) is 2.71. The monoisotopic (exact) mass is 402 g/mol. The normalized spacial score (nSPS) is 14.3. The highest BCUT2D eigenvalue weighted by molar-refractivity contribution is 5.83. The largest absolute Gasteiger partial charge is 0.467 e. The van der Waals surface area contributed by atoms with Crippen molar-refractivity contribution in [2.45, 2.75) is 32.9 Å². The molecular weight excluding hydrogens is 379 g/mol. The van der Waals surface area contributed by atoms with E-state index in [0.29, 0.717) is 35.6 Å². The van der Waals surface area contributed by atoms with E-state index in [1.54, 1.807) is 0 Å². The van der Waals surface area contributed by atoms with E-state index in [1.807, 2.05) is 13.8 Å². The predicted molar refractivity (Wildman–Crippen MR) is 104 cm³/mol. The molecule has 0 unspecified atom stereocenters. The van der Waals surface area contributed by atoms with Crippen LogP contribution in [0.4, 0.5) is 9.18 Å². The van der Waals surface area contributed by atoms with Crippen molar-refractivity contribution in [1.29, 1.82) is 0 Å². The molecule has 2 N–H and O–H groups in total. The van der Waals surface area contributed by atoms with Crippen molar-refractivity contribution in [3.8, 4) is 11.4 Å². The second-order valence-corrected chi connectivity index (χ2v) is 7.21. The Kier molecular flexibility index (Phi) is 5.95. The van der Waals surface area contributed by atoms with Crippen LogP contribution < -0.4 is 10.9 Å². The molecule has 2 aromatic rings. The molecule has 2 amide bonds. The number of amides is 2. The number of fused-ring (bicyclic) bond motifs is 1. The number of aromatic amines is 1. The van der Waals surface area contributed by atoms with Gasteiger partial charge in [0.05, 0.1) is 19.3 Å². The van der Waals surface area contributed by atoms with Gasteiger partial charge in [0, 0.05) is 17.7 Å². The fraction of sp³-hybridized carbons (Fsp3) is 0.400. The van der Waals surface area contributed by atoms with Gasteiger partial charge < -0.3 is 19.9 Å². The zero-order valence-corrected chi connectivity index (χ0v) is 16.5. The number of urea groups is 1. The first kappa shape index (κ1) is 20.5. The lowest BCUT2D eigenvalue weighted by molar-refractivity contribution is -0.144. The summed E-state index contributed by atoms with van der Waals surface area (Å²) < 4.78 is 17.9. The fourth-order valence-corrected chi connectivity index (χ4v) is 3.21. The molecule has 154 valence electrons. The van der Waals surface area contributed by atoms with Crippen molar-refractivity contribution in [3.05, 3.63) is 51.7 Å². The average molecular weight is 402 g/mol. The molecule has 0 saturated heterocycles. The van der Waals surface area contributed by atoms with Crippen LogP contribution in [-0.2, 0) is 22.5 Å². The number of esters is 1. The van der Waals surface area contributed by atoms with Gasteiger partial charge in [0.1, 0.15) is 17.7 Å². The number of aromatic nitrogens is 2. The molecule has 29 heavy (non-hydrogen) atoms. The molecule has 2 heterocycles. The molecule has 1 aliphatic rings. The smallest absolute Gasteiger partial charge is 0.328 e. The number of benzene rings is 1. The van der Waals surface area contributed by atoms with Crippen LogP contribution in [-0.4, -0.2) is 46.6 Å². The van der Waals surface area contributed by atoms with Crippen LogP contribution in [0.15, 0.2) is 29.1 Å². The van der Waals surface area contributed by atoms with Crippen LogP contribution in [0, 0.1) is 11.7 Å². The third-order valence-electron chi connectivity index (χ3n) is 4.88. The van der Waals surface area contributed by atoms with Gasteiger partial charge in [-0.2, -0.15) is 0 Å². The van der Waals surface area contributed by atoms with Gasteiger partial charge in [-0.05, 0) is 36.6 Å². The number of hydrogen-bond acceptors (Lipinski definition) is 5. The zero-order chi connectivity index (χ0) is 21.1. The number of rotatable bonds is 4. The minimum atomic E-state index is -0.768. The van der Waals surface area contributed by atoms with E-state index in [1.165, 1.54) is 36.3 Å². The molecule has 9 heteroatoms. The molecule has 0 fully saturated rings. The van der Waals surface area contributed by atoms with Crippen LogP contribution in [0.1, 0.15) is 25.1 Å². The number of halogens is 1. The highest BCUT2D eigenvalue weighted by atomic mass is 19.1. The predicted octanol–water partition coefficient (Wildman–Crippen LogP) is 1.84. The molecular formula is C20H23FN4O4. The minimum Gasteiger partial charge on any atom is -0.467 e. The van der Waals surface area contributed by atoms with Crippen molar-refractivity contribution in [2.75, 3.05) is 13.7 Å². The highest BCUT2D eigenvalue weighted by Gasteiger charge is 2.30. The Morgan fingerprint density at radius 2 is 1.97 bits per heavy atom. The Morgan fingerprint density at radius 3 is 2.59 bits per heavy atom. The van der Waals surface area contributed by atoms with Crippen molar-refractivity contribution in [2.24, 2.45) is 5.92 Å². The molecule has 1 aromatic heterocycles. The van der Waals surface area contributed by atoms with Gasteiger partial charge in [-0.3, -0.25) is 4.79 Å². The van der Waals surface area contributed by atoms with Crippen molar-refractivity contribution in [3.63, 3.8) is 0 Å². The second-order valence-electron chi connectivity index (χ2n) is 7.21. The van der Waals surface area contributed by atoms with Crippen LogP contribution in [0.25, 0.3) is 11.4 Å². The summed E-state index contributed by atoms with van der Waals surface area (Å²) in [6.07, 6.45) is 0.347. The Hall–Kier alpha value is -3.23. The fourth-order valence-electron chi connectivity index (χ4n) is 3.21. The van der Waals surface area contributed by atoms with Crippen LogP contribution in [0.2, 0.25) is 0 Å². The van der Waals surface area contributed by atoms with Crippen molar-refractivity contribution >= 4 is 12.0 Å². The van der Waals surface area contributed by atoms with Crippen LogP contribution in [0.3, 0.4) is 0 Å². The first-order valence-electron chi connectivity index (χ1n) is 9.31. The molecule has 0 radical (unpaired) electrons. The minimum absolute atomic E-state index is 0.130. The van der Waals surface area contributed by atoms with Crippen molar-refractivity contribution < 1.29 is 18.7 Å². The summed E-state index contributed by atoms with van der Waals surface area (Å²) in [5.74, 6) is -0.735. The molecule has 3 rings (SSSR count). The van der Waals surface area contributed by atoms with Crippen LogP contribution in [0.5, 0.6) is 0 Å². The van der Waals surface area contributed by atoms with Gasteiger partial charge in [0.25, 0.3) is 5.56 Å². The maximum Gasteiger partial charge on any atom is 0.328 e. The third kappa shape index (κ3) is 4.44. The Labute approximate surface area is 167 Å². The van der Waals surface area contributed by atoms with Gasteiger partial charge in [-0.15, -0.1) is 0 Å². The van der Waals surface area contributed by atoms with E-state index in [9.17, 15) is 18.8 Å². The van der Waals surface area contributed by atoms with Gasteiger partial charge in [-0.25, -0.2) is 19.0 Å². The van der Waals surface area contributed by atoms with Gasteiger partial charge >= 0.3 is 12.0 Å². The van der Waals surface area contributed by atoms with E-state index in [0.717, 1.165) is 0 Å². The number of nitrogens with one attached hydrogen (secondary N) is 2. The molecule has 0 saturated carbocycles. The van der Waals surface area contributed by atoms with Crippen molar-refractivity contribution in [1.82, 2.24) is 20.2 Å². The molecule has 8 nitrogen and oxygen atoms in total. The van der Waals surface area contributed by atoms with E-state index in [4.69, 9.17) is 4.74 Å². The molecule has 1 atom stereocenters. The maximum absolute atomic E-state index is 13.2. The zero-order valence-electron chi connectivity index (χ0n) is 16.5. The number of carbonyl (C=O) groups excluding carboxylic acids is 2. The number of nitrogens with zero attached hydrogens (tertiary/aromatic N) is 2. The molecule has 0 spiro atoms. The summed E-state index contributed by atoms with van der Waals surface area (Å²) in [5, 5.41) is 2.69. The topological polar surface area (TPSA) is 104 Å². The van der Waals surface area contributed by atoms with E-state index in [-0.39, 0.29) is 23.8 Å². The van der Waals surface area contributed by atoms with E-state index < -0.39 is 18.0 Å². The van der Waals surface area contributed by atoms with E-state index >= 15 is 0 Å². The lowest BCUT2D eigenvalue weighted by Gasteiger charge is -2.30. The number of H-pyrrole nitrogens is 1. The number of carbonyl (C=O) groups is 2. The first-order valence-corrected chi connectivity index (χ1v) is 9.31. The Bertz CT molecular complexity index is 971. The quantitative estimate of drug-likeness (QED) is 0.760. The first-order chi connectivity index (χ1) is 13.8. The molecule has 0 aliphatic carbocycles. The summed E-state index contributed by atoms with van der Waals surface area (Å²) in [7, 11) is 1.27. The summed E-state index contributed by atoms with van der Waals surface area (Å²) in [6.45, 7) is 4.07. The van der Waals surface area contributed by atoms with Gasteiger partial charge in [0.15, 0.2) is 0 Å². The van der Waals surface area contributed by atoms with Crippen LogP contribution >= 0.6 is 0 Å².